The smallest absolute Gasteiger partial charge is 0.131 e. The van der Waals surface area contributed by atoms with E-state index in [1.807, 2.05) is 24.3 Å². The zero-order chi connectivity index (χ0) is 13.7. The monoisotopic (exact) mass is 251 g/mol. The van der Waals surface area contributed by atoms with Gasteiger partial charge in [0.15, 0.2) is 0 Å². The highest BCUT2D eigenvalue weighted by Crippen LogP contribution is 2.20. The molecule has 0 unspecified atom stereocenters. The van der Waals surface area contributed by atoms with Gasteiger partial charge >= 0.3 is 0 Å². The maximum absolute atomic E-state index is 13.7. The lowest BCUT2D eigenvalue weighted by Gasteiger charge is -2.02. The van der Waals surface area contributed by atoms with Crippen molar-refractivity contribution in [3.8, 4) is 6.07 Å². The van der Waals surface area contributed by atoms with E-state index >= 15 is 0 Å². The van der Waals surface area contributed by atoms with Crippen LogP contribution in [-0.2, 0) is 6.42 Å². The van der Waals surface area contributed by atoms with Crippen molar-refractivity contribution in [3.63, 3.8) is 0 Å². The van der Waals surface area contributed by atoms with Gasteiger partial charge in [0.05, 0.1) is 11.6 Å². The van der Waals surface area contributed by atoms with Crippen LogP contribution in [0.15, 0.2) is 48.5 Å². The number of hydrogen-bond donors (Lipinski definition) is 0. The van der Waals surface area contributed by atoms with Crippen LogP contribution in [0.2, 0.25) is 0 Å². The van der Waals surface area contributed by atoms with E-state index < -0.39 is 0 Å². The van der Waals surface area contributed by atoms with Gasteiger partial charge in [-0.2, -0.15) is 5.26 Å². The van der Waals surface area contributed by atoms with E-state index in [0.717, 1.165) is 12.0 Å². The lowest BCUT2D eigenvalue weighted by Crippen LogP contribution is -1.87. The minimum Gasteiger partial charge on any atom is -0.206 e. The Bertz CT molecular complexity index is 633. The summed E-state index contributed by atoms with van der Waals surface area (Å²) in [7, 11) is 0. The molecule has 2 heteroatoms. The van der Waals surface area contributed by atoms with Gasteiger partial charge in [-0.15, -0.1) is 0 Å². The number of rotatable bonds is 3. The molecule has 19 heavy (non-hydrogen) atoms. The second kappa shape index (κ2) is 5.97. The number of halogens is 1. The molecular formula is C17H14FN. The van der Waals surface area contributed by atoms with Gasteiger partial charge in [0.2, 0.25) is 0 Å². The number of aryl methyl sites for hydroxylation is 1. The van der Waals surface area contributed by atoms with Gasteiger partial charge in [0.25, 0.3) is 0 Å². The largest absolute Gasteiger partial charge is 0.206 e. The lowest BCUT2D eigenvalue weighted by molar-refractivity contribution is 0.624. The van der Waals surface area contributed by atoms with Crippen LogP contribution < -0.4 is 0 Å². The number of nitrogens with zero attached hydrogens (tertiary/aromatic N) is 1. The first-order valence-corrected chi connectivity index (χ1v) is 6.20. The first-order chi connectivity index (χ1) is 9.24. The van der Waals surface area contributed by atoms with Gasteiger partial charge < -0.3 is 0 Å². The predicted octanol–water partition coefficient (Wildman–Crippen LogP) is 4.45. The summed E-state index contributed by atoms with van der Waals surface area (Å²) in [6.45, 7) is 2.09. The van der Waals surface area contributed by atoms with E-state index in [1.54, 1.807) is 24.3 Å². The van der Waals surface area contributed by atoms with E-state index in [2.05, 4.69) is 13.0 Å². The summed E-state index contributed by atoms with van der Waals surface area (Å²) < 4.78 is 13.7. The average Bonchev–Trinajstić information content (AvgIpc) is 2.46. The third-order valence-electron chi connectivity index (χ3n) is 2.98. The molecule has 0 atom stereocenters. The molecule has 0 aliphatic heterocycles. The van der Waals surface area contributed by atoms with Crippen molar-refractivity contribution < 1.29 is 4.39 Å². The predicted molar refractivity (Wildman–Crippen MR) is 75.7 cm³/mol. The van der Waals surface area contributed by atoms with Gasteiger partial charge in [-0.3, -0.25) is 0 Å². The Hall–Kier alpha value is -2.40. The number of allylic oxidation sites excluding steroid dienone is 1. The van der Waals surface area contributed by atoms with Crippen LogP contribution in [0.5, 0.6) is 0 Å². The third-order valence-corrected chi connectivity index (χ3v) is 2.98. The summed E-state index contributed by atoms with van der Waals surface area (Å²) in [5.41, 5.74) is 2.81. The standard InChI is InChI=1S/C17H14FN/c1-2-13-7-9-14(10-8-13)11-15(12-19)16-5-3-4-6-17(16)18/h3-11H,2H2,1H3. The number of nitriles is 1. The van der Waals surface area contributed by atoms with Gasteiger partial charge in [-0.25, -0.2) is 4.39 Å². The highest BCUT2D eigenvalue weighted by molar-refractivity contribution is 5.89. The molecule has 94 valence electrons. The van der Waals surface area contributed by atoms with Crippen molar-refractivity contribution in [1.82, 2.24) is 0 Å². The SMILES string of the molecule is CCc1ccc(C=C(C#N)c2ccccc2F)cc1. The molecule has 0 N–H and O–H groups in total. The van der Waals surface area contributed by atoms with E-state index in [4.69, 9.17) is 0 Å². The maximum Gasteiger partial charge on any atom is 0.131 e. The van der Waals surface area contributed by atoms with Gasteiger partial charge in [-0.05, 0) is 29.7 Å². The number of benzene rings is 2. The molecule has 0 heterocycles. The molecule has 2 aromatic carbocycles. The molecule has 0 fully saturated rings. The Kier molecular flexibility index (Phi) is 4.10. The van der Waals surface area contributed by atoms with Crippen LogP contribution in [0.25, 0.3) is 11.6 Å². The fraction of sp³-hybridized carbons (Fsp3) is 0.118. The topological polar surface area (TPSA) is 23.8 Å². The quantitative estimate of drug-likeness (QED) is 0.584. The van der Waals surface area contributed by atoms with Crippen LogP contribution in [0.1, 0.15) is 23.6 Å². The molecule has 0 aromatic heterocycles. The van der Waals surface area contributed by atoms with E-state index in [9.17, 15) is 9.65 Å². The van der Waals surface area contributed by atoms with E-state index in [-0.39, 0.29) is 5.82 Å². The molecule has 0 bridgehead atoms. The Morgan fingerprint density at radius 2 is 1.84 bits per heavy atom. The molecular weight excluding hydrogens is 237 g/mol. The van der Waals surface area contributed by atoms with Crippen LogP contribution >= 0.6 is 0 Å². The number of hydrogen-bond acceptors (Lipinski definition) is 1. The first kappa shape index (κ1) is 13.0. The summed E-state index contributed by atoms with van der Waals surface area (Å²) in [4.78, 5) is 0. The van der Waals surface area contributed by atoms with Gasteiger partial charge in [-0.1, -0.05) is 49.4 Å². The molecule has 0 spiro atoms. The van der Waals surface area contributed by atoms with E-state index in [1.165, 1.54) is 11.6 Å². The summed E-state index contributed by atoms with van der Waals surface area (Å²) in [6, 6.07) is 16.3. The van der Waals surface area contributed by atoms with Crippen molar-refractivity contribution in [2.24, 2.45) is 0 Å². The lowest BCUT2D eigenvalue weighted by atomic mass is 10.0. The van der Waals surface area contributed by atoms with Crippen LogP contribution in [-0.4, -0.2) is 0 Å². The molecule has 0 aliphatic carbocycles. The van der Waals surface area contributed by atoms with Crippen molar-refractivity contribution in [2.75, 3.05) is 0 Å². The Morgan fingerprint density at radius 3 is 2.42 bits per heavy atom. The molecule has 0 amide bonds. The Balaban J connectivity index is 2.39. The Morgan fingerprint density at radius 1 is 1.16 bits per heavy atom. The second-order valence-corrected chi connectivity index (χ2v) is 4.24. The molecule has 2 aromatic rings. The highest BCUT2D eigenvalue weighted by Gasteiger charge is 2.06. The fourth-order valence-electron chi connectivity index (χ4n) is 1.87. The maximum atomic E-state index is 13.7. The van der Waals surface area contributed by atoms with Crippen LogP contribution in [0.3, 0.4) is 0 Å². The molecule has 2 rings (SSSR count). The summed E-state index contributed by atoms with van der Waals surface area (Å²) in [5.74, 6) is -0.375. The van der Waals surface area contributed by atoms with Crippen LogP contribution in [0, 0.1) is 17.1 Å². The van der Waals surface area contributed by atoms with Crippen LogP contribution in [0.4, 0.5) is 4.39 Å². The molecule has 0 radical (unpaired) electrons. The summed E-state index contributed by atoms with van der Waals surface area (Å²) in [5, 5.41) is 9.18. The summed E-state index contributed by atoms with van der Waals surface area (Å²) >= 11 is 0. The normalized spacial score (nSPS) is 11.1. The third kappa shape index (κ3) is 3.08. The molecule has 0 saturated heterocycles. The highest BCUT2D eigenvalue weighted by atomic mass is 19.1. The first-order valence-electron chi connectivity index (χ1n) is 6.20. The minimum absolute atomic E-state index is 0.336. The van der Waals surface area contributed by atoms with Crippen molar-refractivity contribution >= 4 is 11.6 Å². The Labute approximate surface area is 112 Å². The fourth-order valence-corrected chi connectivity index (χ4v) is 1.87. The summed E-state index contributed by atoms with van der Waals surface area (Å²) in [6.07, 6.45) is 2.68. The van der Waals surface area contributed by atoms with E-state index in [0.29, 0.717) is 11.1 Å². The van der Waals surface area contributed by atoms with Gasteiger partial charge in [0, 0.05) is 5.56 Å². The van der Waals surface area contributed by atoms with Crippen molar-refractivity contribution in [1.29, 1.82) is 5.26 Å². The molecule has 1 nitrogen and oxygen atoms in total. The molecule has 0 aliphatic rings. The molecule has 0 saturated carbocycles. The average molecular weight is 251 g/mol. The minimum atomic E-state index is -0.375. The zero-order valence-electron chi connectivity index (χ0n) is 10.7. The zero-order valence-corrected chi connectivity index (χ0v) is 10.7. The van der Waals surface area contributed by atoms with Gasteiger partial charge in [0.1, 0.15) is 5.82 Å². The van der Waals surface area contributed by atoms with Crippen molar-refractivity contribution in [2.45, 2.75) is 13.3 Å². The second-order valence-electron chi connectivity index (χ2n) is 4.24. The van der Waals surface area contributed by atoms with Crippen molar-refractivity contribution in [3.05, 3.63) is 71.0 Å².